The number of halogens is 1. The fourth-order valence-corrected chi connectivity index (χ4v) is 2.28. The molecule has 0 spiro atoms. The highest BCUT2D eigenvalue weighted by atomic mass is 35.5. The first-order valence-corrected chi connectivity index (χ1v) is 7.36. The van der Waals surface area contributed by atoms with Crippen molar-refractivity contribution in [1.82, 2.24) is 5.32 Å². The van der Waals surface area contributed by atoms with Crippen molar-refractivity contribution in [3.05, 3.63) is 58.6 Å². The number of ether oxygens (including phenoxy) is 2. The Bertz CT molecular complexity index is 587. The number of para-hydroxylation sites is 1. The first kappa shape index (κ1) is 15.7. The van der Waals surface area contributed by atoms with E-state index in [2.05, 4.69) is 12.2 Å². The SMILES string of the molecule is CCNCc1ccc(OCc2ccccc2OC)c(Cl)c1. The van der Waals surface area contributed by atoms with Crippen LogP contribution in [0.2, 0.25) is 5.02 Å². The second-order valence-corrected chi connectivity index (χ2v) is 5.05. The highest BCUT2D eigenvalue weighted by molar-refractivity contribution is 6.32. The van der Waals surface area contributed by atoms with E-state index in [9.17, 15) is 0 Å². The lowest BCUT2D eigenvalue weighted by Gasteiger charge is -2.12. The minimum absolute atomic E-state index is 0.427. The van der Waals surface area contributed by atoms with Gasteiger partial charge in [-0.1, -0.05) is 42.8 Å². The zero-order chi connectivity index (χ0) is 15.1. The van der Waals surface area contributed by atoms with E-state index in [4.69, 9.17) is 21.1 Å². The Labute approximate surface area is 130 Å². The summed E-state index contributed by atoms with van der Waals surface area (Å²) in [7, 11) is 1.65. The Morgan fingerprint density at radius 3 is 2.62 bits per heavy atom. The van der Waals surface area contributed by atoms with E-state index in [0.29, 0.717) is 17.4 Å². The van der Waals surface area contributed by atoms with Gasteiger partial charge in [0.05, 0.1) is 12.1 Å². The smallest absolute Gasteiger partial charge is 0.138 e. The second kappa shape index (κ2) is 7.91. The van der Waals surface area contributed by atoms with Gasteiger partial charge in [-0.25, -0.2) is 0 Å². The van der Waals surface area contributed by atoms with E-state index in [1.54, 1.807) is 7.11 Å². The summed E-state index contributed by atoms with van der Waals surface area (Å²) in [4.78, 5) is 0. The summed E-state index contributed by atoms with van der Waals surface area (Å²) in [5.74, 6) is 1.50. The fraction of sp³-hybridized carbons (Fsp3) is 0.294. The van der Waals surface area contributed by atoms with Gasteiger partial charge >= 0.3 is 0 Å². The van der Waals surface area contributed by atoms with Crippen LogP contribution in [-0.4, -0.2) is 13.7 Å². The van der Waals surface area contributed by atoms with Crippen molar-refractivity contribution >= 4 is 11.6 Å². The average Bonchev–Trinajstić information content (AvgIpc) is 2.52. The third-order valence-electron chi connectivity index (χ3n) is 3.15. The third kappa shape index (κ3) is 4.38. The van der Waals surface area contributed by atoms with E-state index >= 15 is 0 Å². The van der Waals surface area contributed by atoms with Gasteiger partial charge in [0.1, 0.15) is 18.1 Å². The van der Waals surface area contributed by atoms with E-state index in [-0.39, 0.29) is 0 Å². The van der Waals surface area contributed by atoms with Gasteiger partial charge in [-0.15, -0.1) is 0 Å². The van der Waals surface area contributed by atoms with Gasteiger partial charge in [0.2, 0.25) is 0 Å². The molecule has 21 heavy (non-hydrogen) atoms. The Balaban J connectivity index is 2.03. The summed E-state index contributed by atoms with van der Waals surface area (Å²) >= 11 is 6.26. The molecule has 0 aliphatic heterocycles. The topological polar surface area (TPSA) is 30.5 Å². The van der Waals surface area contributed by atoms with Crippen molar-refractivity contribution in [3.63, 3.8) is 0 Å². The van der Waals surface area contributed by atoms with Crippen LogP contribution in [0.15, 0.2) is 42.5 Å². The monoisotopic (exact) mass is 305 g/mol. The largest absolute Gasteiger partial charge is 0.496 e. The molecule has 1 N–H and O–H groups in total. The zero-order valence-electron chi connectivity index (χ0n) is 12.4. The normalized spacial score (nSPS) is 10.4. The van der Waals surface area contributed by atoms with Crippen LogP contribution in [0.25, 0.3) is 0 Å². The number of nitrogens with one attached hydrogen (secondary N) is 1. The van der Waals surface area contributed by atoms with Crippen LogP contribution in [0.5, 0.6) is 11.5 Å². The molecule has 0 aliphatic rings. The summed E-state index contributed by atoms with van der Waals surface area (Å²) in [5.41, 5.74) is 2.14. The van der Waals surface area contributed by atoms with Gasteiger partial charge in [-0.2, -0.15) is 0 Å². The standard InChI is InChI=1S/C17H20ClNO2/c1-3-19-11-13-8-9-17(15(18)10-13)21-12-14-6-4-5-7-16(14)20-2/h4-10,19H,3,11-12H2,1-2H3. The maximum atomic E-state index is 6.26. The van der Waals surface area contributed by atoms with Crippen molar-refractivity contribution in [2.75, 3.05) is 13.7 Å². The van der Waals surface area contributed by atoms with Crippen LogP contribution < -0.4 is 14.8 Å². The average molecular weight is 306 g/mol. The summed E-state index contributed by atoms with van der Waals surface area (Å²) in [6.45, 7) is 4.25. The molecule has 0 amide bonds. The molecule has 0 saturated carbocycles. The minimum Gasteiger partial charge on any atom is -0.496 e. The summed E-state index contributed by atoms with van der Waals surface area (Å²) in [6, 6.07) is 13.7. The first-order chi connectivity index (χ1) is 10.2. The van der Waals surface area contributed by atoms with Gasteiger partial charge in [0.25, 0.3) is 0 Å². The molecular formula is C17H20ClNO2. The van der Waals surface area contributed by atoms with Gasteiger partial charge in [-0.05, 0) is 30.3 Å². The predicted octanol–water partition coefficient (Wildman–Crippen LogP) is 4.04. The van der Waals surface area contributed by atoms with Crippen molar-refractivity contribution < 1.29 is 9.47 Å². The molecule has 3 nitrogen and oxygen atoms in total. The van der Waals surface area contributed by atoms with Gasteiger partial charge in [0, 0.05) is 12.1 Å². The number of methoxy groups -OCH3 is 1. The molecule has 0 fully saturated rings. The quantitative estimate of drug-likeness (QED) is 0.837. The Morgan fingerprint density at radius 1 is 1.10 bits per heavy atom. The molecule has 4 heteroatoms. The van der Waals surface area contributed by atoms with Crippen molar-refractivity contribution in [2.24, 2.45) is 0 Å². The van der Waals surface area contributed by atoms with E-state index in [1.165, 1.54) is 0 Å². The molecule has 0 radical (unpaired) electrons. The number of hydrogen-bond acceptors (Lipinski definition) is 3. The van der Waals surface area contributed by atoms with Crippen LogP contribution >= 0.6 is 11.6 Å². The Morgan fingerprint density at radius 2 is 1.90 bits per heavy atom. The van der Waals surface area contributed by atoms with Crippen LogP contribution in [0.3, 0.4) is 0 Å². The maximum Gasteiger partial charge on any atom is 0.138 e. The Kier molecular flexibility index (Phi) is 5.90. The lowest BCUT2D eigenvalue weighted by molar-refractivity contribution is 0.297. The highest BCUT2D eigenvalue weighted by Gasteiger charge is 2.06. The Hall–Kier alpha value is -1.71. The number of hydrogen-bond donors (Lipinski definition) is 1. The molecule has 0 saturated heterocycles. The number of benzene rings is 2. The molecule has 0 atom stereocenters. The van der Waals surface area contributed by atoms with E-state index < -0.39 is 0 Å². The molecule has 2 aromatic rings. The van der Waals surface area contributed by atoms with Crippen LogP contribution in [-0.2, 0) is 13.2 Å². The molecular weight excluding hydrogens is 286 g/mol. The molecule has 0 bridgehead atoms. The van der Waals surface area contributed by atoms with Crippen LogP contribution in [0.1, 0.15) is 18.1 Å². The summed E-state index contributed by atoms with van der Waals surface area (Å²) in [6.07, 6.45) is 0. The van der Waals surface area contributed by atoms with Crippen LogP contribution in [0.4, 0.5) is 0 Å². The van der Waals surface area contributed by atoms with Crippen molar-refractivity contribution in [1.29, 1.82) is 0 Å². The third-order valence-corrected chi connectivity index (χ3v) is 3.45. The van der Waals surface area contributed by atoms with Gasteiger partial charge in [-0.3, -0.25) is 0 Å². The van der Waals surface area contributed by atoms with Crippen molar-refractivity contribution in [3.8, 4) is 11.5 Å². The van der Waals surface area contributed by atoms with Gasteiger partial charge in [0.15, 0.2) is 0 Å². The fourth-order valence-electron chi connectivity index (χ4n) is 2.02. The number of rotatable bonds is 7. The molecule has 2 aromatic carbocycles. The summed E-state index contributed by atoms with van der Waals surface area (Å²) < 4.78 is 11.1. The maximum absolute atomic E-state index is 6.26. The predicted molar refractivity (Wildman–Crippen MR) is 86.2 cm³/mol. The van der Waals surface area contributed by atoms with Crippen molar-refractivity contribution in [2.45, 2.75) is 20.1 Å². The first-order valence-electron chi connectivity index (χ1n) is 6.98. The molecule has 0 aromatic heterocycles. The summed E-state index contributed by atoms with van der Waals surface area (Å²) in [5, 5.41) is 3.89. The molecule has 0 unspecified atom stereocenters. The molecule has 112 valence electrons. The van der Waals surface area contributed by atoms with E-state index in [0.717, 1.165) is 30.0 Å². The highest BCUT2D eigenvalue weighted by Crippen LogP contribution is 2.27. The molecule has 2 rings (SSSR count). The molecule has 0 heterocycles. The second-order valence-electron chi connectivity index (χ2n) is 4.65. The lowest BCUT2D eigenvalue weighted by Crippen LogP contribution is -2.11. The zero-order valence-corrected chi connectivity index (χ0v) is 13.1. The minimum atomic E-state index is 0.427. The lowest BCUT2D eigenvalue weighted by atomic mass is 10.2. The molecule has 0 aliphatic carbocycles. The van der Waals surface area contributed by atoms with Crippen LogP contribution in [0, 0.1) is 0 Å². The van der Waals surface area contributed by atoms with Gasteiger partial charge < -0.3 is 14.8 Å². The van der Waals surface area contributed by atoms with E-state index in [1.807, 2.05) is 42.5 Å².